The zero-order chi connectivity index (χ0) is 31.4. The maximum atomic E-state index is 13.9. The van der Waals surface area contributed by atoms with Gasteiger partial charge in [0.05, 0.1) is 6.10 Å². The van der Waals surface area contributed by atoms with Gasteiger partial charge >= 0.3 is 4.87 Å². The van der Waals surface area contributed by atoms with Crippen molar-refractivity contribution in [1.82, 2.24) is 24.5 Å². The predicted octanol–water partition coefficient (Wildman–Crippen LogP) is 5.12. The van der Waals surface area contributed by atoms with Gasteiger partial charge in [-0.1, -0.05) is 44.7 Å². The standard InChI is InChI=1S/C34H43N5O5S.ClH/c1-2-3-19-39-31(41)28(29(40)24-7-5-4-6-8-24)35-32(42)34(39)17-20-38(21-18-34)22-23-9-13-26(14-10-23)44-27-15-11-25(12-16-27)30-36-33(43)45-37-30;/h9-16,24,28-29,40H,2-8,17-22H2,1H3,(H,35,42)(H,36,37,43);1H/t28-,29?;/m1./s1. The molecular weight excluding hydrogens is 626 g/mol. The Morgan fingerprint density at radius 2 is 1.65 bits per heavy atom. The molecule has 1 spiro atoms. The number of unbranched alkanes of at least 4 members (excludes halogenated alkanes) is 1. The van der Waals surface area contributed by atoms with Gasteiger partial charge in [0.2, 0.25) is 11.8 Å². The van der Waals surface area contributed by atoms with Crippen molar-refractivity contribution in [2.75, 3.05) is 19.6 Å². The highest BCUT2D eigenvalue weighted by Crippen LogP contribution is 2.36. The summed E-state index contributed by atoms with van der Waals surface area (Å²) in [6.07, 6.45) is 7.22. The number of carbonyl (C=O) groups is 2. The third kappa shape index (κ3) is 7.33. The average molecular weight is 670 g/mol. The topological polar surface area (TPSA) is 128 Å². The quantitative estimate of drug-likeness (QED) is 0.274. The van der Waals surface area contributed by atoms with Crippen LogP contribution in [0.15, 0.2) is 53.3 Å². The van der Waals surface area contributed by atoms with Crippen molar-refractivity contribution in [3.8, 4) is 22.9 Å². The lowest BCUT2D eigenvalue weighted by atomic mass is 9.78. The molecule has 3 fully saturated rings. The van der Waals surface area contributed by atoms with E-state index in [1.54, 1.807) is 0 Å². The second-order valence-corrected chi connectivity index (χ2v) is 13.4. The first-order chi connectivity index (χ1) is 21.9. The molecule has 1 aromatic heterocycles. The Morgan fingerprint density at radius 3 is 2.26 bits per heavy atom. The zero-order valence-corrected chi connectivity index (χ0v) is 27.9. The summed E-state index contributed by atoms with van der Waals surface area (Å²) in [5.41, 5.74) is 1.11. The van der Waals surface area contributed by atoms with Crippen molar-refractivity contribution in [2.24, 2.45) is 5.92 Å². The number of benzene rings is 2. The summed E-state index contributed by atoms with van der Waals surface area (Å²) < 4.78 is 10.1. The fourth-order valence-electron chi connectivity index (χ4n) is 7.13. The van der Waals surface area contributed by atoms with Crippen LogP contribution in [0.25, 0.3) is 11.4 Å². The molecule has 2 saturated heterocycles. The Kier molecular flexibility index (Phi) is 11.2. The SMILES string of the molecule is CCCCN1C(=O)[C@@H](C(O)C2CCCCC2)NC(=O)C12CCN(Cc1ccc(Oc3ccc(-c4nsc(=O)[nH]4)cc3)cc1)CC2.Cl. The summed E-state index contributed by atoms with van der Waals surface area (Å²) >= 11 is 0.896. The first-order valence-corrected chi connectivity index (χ1v) is 17.1. The highest BCUT2D eigenvalue weighted by Gasteiger charge is 2.55. The number of likely N-dealkylation sites (tertiary alicyclic amines) is 1. The van der Waals surface area contributed by atoms with Crippen LogP contribution in [0.2, 0.25) is 0 Å². The Labute approximate surface area is 280 Å². The largest absolute Gasteiger partial charge is 0.457 e. The number of rotatable bonds is 10. The smallest absolute Gasteiger partial charge is 0.323 e. The van der Waals surface area contributed by atoms with Gasteiger partial charge in [0.15, 0.2) is 5.82 Å². The van der Waals surface area contributed by atoms with Crippen molar-refractivity contribution < 1.29 is 19.4 Å². The maximum Gasteiger partial charge on any atom is 0.323 e. The van der Waals surface area contributed by atoms with Crippen LogP contribution in [0.3, 0.4) is 0 Å². The summed E-state index contributed by atoms with van der Waals surface area (Å²) in [7, 11) is 0. The van der Waals surface area contributed by atoms with Gasteiger partial charge < -0.3 is 20.1 Å². The van der Waals surface area contributed by atoms with Crippen molar-refractivity contribution in [3.63, 3.8) is 0 Å². The first kappa shape index (κ1) is 34.1. The molecule has 0 bridgehead atoms. The molecule has 2 atom stereocenters. The van der Waals surface area contributed by atoms with Gasteiger partial charge in [-0.3, -0.25) is 24.3 Å². The average Bonchev–Trinajstić information content (AvgIpc) is 3.51. The van der Waals surface area contributed by atoms with E-state index in [4.69, 9.17) is 4.74 Å². The maximum absolute atomic E-state index is 13.9. The first-order valence-electron chi connectivity index (χ1n) is 16.3. The molecule has 248 valence electrons. The third-order valence-electron chi connectivity index (χ3n) is 9.78. The van der Waals surface area contributed by atoms with Crippen LogP contribution in [0.4, 0.5) is 0 Å². The van der Waals surface area contributed by atoms with E-state index in [9.17, 15) is 19.5 Å². The minimum Gasteiger partial charge on any atom is -0.457 e. The molecule has 0 radical (unpaired) electrons. The highest BCUT2D eigenvalue weighted by molar-refractivity contribution is 7.03. The Morgan fingerprint density at radius 1 is 1.00 bits per heavy atom. The fourth-order valence-corrected chi connectivity index (χ4v) is 7.60. The monoisotopic (exact) mass is 669 g/mol. The molecule has 3 N–H and O–H groups in total. The fraction of sp³-hybridized carbons (Fsp3) is 0.529. The van der Waals surface area contributed by atoms with Gasteiger partial charge in [-0.05, 0) is 80.0 Å². The number of hydrogen-bond donors (Lipinski definition) is 3. The molecule has 1 unspecified atom stereocenters. The molecule has 46 heavy (non-hydrogen) atoms. The number of nitrogens with zero attached hydrogens (tertiary/aromatic N) is 3. The second kappa shape index (κ2) is 15.1. The van der Waals surface area contributed by atoms with E-state index >= 15 is 0 Å². The number of hydrogen-bond acceptors (Lipinski definition) is 8. The lowest BCUT2D eigenvalue weighted by molar-refractivity contribution is -0.166. The second-order valence-electron chi connectivity index (χ2n) is 12.7. The molecular formula is C34H44ClN5O5S. The number of ether oxygens (including phenoxy) is 1. The zero-order valence-electron chi connectivity index (χ0n) is 26.3. The molecule has 2 aromatic carbocycles. The van der Waals surface area contributed by atoms with Crippen LogP contribution in [0, 0.1) is 5.92 Å². The number of piperidine rings is 1. The number of aromatic nitrogens is 2. The molecule has 2 aliphatic heterocycles. The lowest BCUT2D eigenvalue weighted by Gasteiger charge is -2.52. The van der Waals surface area contributed by atoms with Crippen LogP contribution < -0.4 is 14.9 Å². The van der Waals surface area contributed by atoms with Crippen molar-refractivity contribution in [3.05, 3.63) is 63.8 Å². The Hall–Kier alpha value is -3.25. The number of aromatic amines is 1. The highest BCUT2D eigenvalue weighted by atomic mass is 35.5. The Bertz CT molecular complexity index is 1510. The number of aliphatic hydroxyl groups is 1. The normalized spacial score (nSPS) is 21.1. The van der Waals surface area contributed by atoms with Crippen LogP contribution in [-0.2, 0) is 16.1 Å². The van der Waals surface area contributed by atoms with E-state index in [1.807, 2.05) is 41.3 Å². The predicted molar refractivity (Wildman–Crippen MR) is 180 cm³/mol. The van der Waals surface area contributed by atoms with E-state index in [1.165, 1.54) is 6.42 Å². The minimum atomic E-state index is -0.854. The minimum absolute atomic E-state index is 0. The summed E-state index contributed by atoms with van der Waals surface area (Å²) in [6.45, 7) is 4.79. The molecule has 3 aromatic rings. The van der Waals surface area contributed by atoms with Crippen LogP contribution >= 0.6 is 23.9 Å². The number of aliphatic hydroxyl groups excluding tert-OH is 1. The van der Waals surface area contributed by atoms with Gasteiger partial charge in [-0.25, -0.2) is 0 Å². The number of carbonyl (C=O) groups excluding carboxylic acids is 2. The van der Waals surface area contributed by atoms with Crippen LogP contribution in [-0.4, -0.2) is 73.4 Å². The van der Waals surface area contributed by atoms with Crippen molar-refractivity contribution in [1.29, 1.82) is 0 Å². The van der Waals surface area contributed by atoms with Gasteiger partial charge in [0.25, 0.3) is 0 Å². The number of amides is 2. The molecule has 3 aliphatic rings. The van der Waals surface area contributed by atoms with E-state index in [0.29, 0.717) is 44.0 Å². The lowest BCUT2D eigenvalue weighted by Crippen LogP contribution is -2.75. The van der Waals surface area contributed by atoms with E-state index in [2.05, 4.69) is 38.6 Å². The number of H-pyrrole nitrogens is 1. The van der Waals surface area contributed by atoms with E-state index in [0.717, 1.165) is 73.5 Å². The van der Waals surface area contributed by atoms with Gasteiger partial charge in [0, 0.05) is 43.3 Å². The van der Waals surface area contributed by atoms with E-state index < -0.39 is 17.7 Å². The van der Waals surface area contributed by atoms with Crippen molar-refractivity contribution >= 4 is 35.8 Å². The summed E-state index contributed by atoms with van der Waals surface area (Å²) in [5, 5.41) is 14.2. The summed E-state index contributed by atoms with van der Waals surface area (Å²) in [6, 6.07) is 14.6. The molecule has 6 rings (SSSR count). The molecule has 2 amide bonds. The molecule has 12 heteroatoms. The number of halogens is 1. The molecule has 1 saturated carbocycles. The number of nitrogens with one attached hydrogen (secondary N) is 2. The Balaban J connectivity index is 0.00000417. The molecule has 1 aliphatic carbocycles. The van der Waals surface area contributed by atoms with Gasteiger partial charge in [-0.2, -0.15) is 4.37 Å². The van der Waals surface area contributed by atoms with Crippen molar-refractivity contribution in [2.45, 2.75) is 88.9 Å². The van der Waals surface area contributed by atoms with Gasteiger partial charge in [0.1, 0.15) is 23.1 Å². The number of piperazine rings is 1. The van der Waals surface area contributed by atoms with Crippen LogP contribution in [0.1, 0.15) is 70.3 Å². The summed E-state index contributed by atoms with van der Waals surface area (Å²) in [4.78, 5) is 45.7. The van der Waals surface area contributed by atoms with Crippen LogP contribution in [0.5, 0.6) is 11.5 Å². The summed E-state index contributed by atoms with van der Waals surface area (Å²) in [5.74, 6) is 1.81. The van der Waals surface area contributed by atoms with Gasteiger partial charge in [-0.15, -0.1) is 12.4 Å². The molecule has 3 heterocycles. The third-order valence-corrected chi connectivity index (χ3v) is 10.3. The molecule has 10 nitrogen and oxygen atoms in total. The van der Waals surface area contributed by atoms with E-state index in [-0.39, 0.29) is 35.0 Å².